The summed E-state index contributed by atoms with van der Waals surface area (Å²) in [6.07, 6.45) is 4.83. The van der Waals surface area contributed by atoms with Gasteiger partial charge in [-0.1, -0.05) is 30.3 Å². The van der Waals surface area contributed by atoms with Gasteiger partial charge in [0.05, 0.1) is 23.2 Å². The van der Waals surface area contributed by atoms with E-state index < -0.39 is 22.3 Å². The number of aromatic hydroxyl groups is 1. The maximum Gasteiger partial charge on any atom is 0.341 e. The predicted molar refractivity (Wildman–Crippen MR) is 134 cm³/mol. The van der Waals surface area contributed by atoms with E-state index in [0.717, 1.165) is 42.6 Å². The highest BCUT2D eigenvalue weighted by atomic mass is 32.1. The van der Waals surface area contributed by atoms with E-state index in [9.17, 15) is 20.0 Å². The smallest absolute Gasteiger partial charge is 0.341 e. The molecule has 0 fully saturated rings. The number of thiophene rings is 1. The first-order valence-electron chi connectivity index (χ1n) is 11.3. The van der Waals surface area contributed by atoms with Gasteiger partial charge in [-0.25, -0.2) is 9.79 Å². The molecule has 0 amide bonds. The van der Waals surface area contributed by atoms with Gasteiger partial charge >= 0.3 is 11.7 Å². The summed E-state index contributed by atoms with van der Waals surface area (Å²) in [6, 6.07) is 10.7. The monoisotopic (exact) mass is 490 g/mol. The Bertz CT molecular complexity index is 1470. The number of fused-ring (bicyclic) bond motifs is 3. The number of rotatable bonds is 6. The standard InChI is InChI=1S/C26H22N2O6S/c1-2-33-26(30)23-18(15-8-4-3-5-9-15)14-35-25(23)27-13-17-22-16-10-6-7-11-20(16)34-21(22)12-19(24(17)29)28(31)32/h3-5,8-9,12-14,29H,2,6-7,10-11H2,1H3/b27-13+. The highest BCUT2D eigenvalue weighted by Gasteiger charge is 2.28. The molecule has 1 aliphatic carbocycles. The summed E-state index contributed by atoms with van der Waals surface area (Å²) in [6.45, 7) is 1.94. The number of hydrogen-bond donors (Lipinski definition) is 1. The molecule has 5 rings (SSSR count). The van der Waals surface area contributed by atoms with Crippen molar-refractivity contribution in [2.45, 2.75) is 32.6 Å². The van der Waals surface area contributed by atoms with Crippen molar-refractivity contribution in [3.8, 4) is 16.9 Å². The quantitative estimate of drug-likeness (QED) is 0.141. The highest BCUT2D eigenvalue weighted by Crippen LogP contribution is 2.43. The number of carbonyl (C=O) groups excluding carboxylic acids is 1. The number of carbonyl (C=O) groups is 1. The van der Waals surface area contributed by atoms with Crippen LogP contribution in [0.3, 0.4) is 0 Å². The largest absolute Gasteiger partial charge is 0.502 e. The Hall–Kier alpha value is -3.98. The summed E-state index contributed by atoms with van der Waals surface area (Å²) in [4.78, 5) is 28.4. The van der Waals surface area contributed by atoms with Crippen LogP contribution < -0.4 is 0 Å². The van der Waals surface area contributed by atoms with Crippen molar-refractivity contribution in [1.29, 1.82) is 0 Å². The van der Waals surface area contributed by atoms with Crippen LogP contribution in [0.2, 0.25) is 0 Å². The molecule has 0 bridgehead atoms. The number of phenols is 1. The van der Waals surface area contributed by atoms with Crippen LogP contribution in [0, 0.1) is 10.1 Å². The van der Waals surface area contributed by atoms with E-state index in [1.54, 1.807) is 6.92 Å². The molecule has 1 N–H and O–H groups in total. The lowest BCUT2D eigenvalue weighted by Crippen LogP contribution is -2.05. The number of furan rings is 1. The third-order valence-corrected chi connectivity index (χ3v) is 6.96. The van der Waals surface area contributed by atoms with Crippen LogP contribution in [0.1, 0.15) is 47.0 Å². The van der Waals surface area contributed by atoms with Gasteiger partial charge in [-0.05, 0) is 31.7 Å². The molecule has 0 saturated heterocycles. The second-order valence-corrected chi connectivity index (χ2v) is 9.03. The fraction of sp³-hybridized carbons (Fsp3) is 0.231. The van der Waals surface area contributed by atoms with Gasteiger partial charge in [0, 0.05) is 34.5 Å². The molecule has 2 aromatic carbocycles. The van der Waals surface area contributed by atoms with Crippen LogP contribution in [-0.2, 0) is 17.6 Å². The molecule has 0 radical (unpaired) electrons. The molecule has 0 unspecified atom stereocenters. The fourth-order valence-corrected chi connectivity index (χ4v) is 5.40. The first-order valence-corrected chi connectivity index (χ1v) is 12.2. The van der Waals surface area contributed by atoms with Crippen molar-refractivity contribution in [3.05, 3.63) is 74.3 Å². The van der Waals surface area contributed by atoms with Crippen LogP contribution in [0.15, 0.2) is 51.2 Å². The maximum atomic E-state index is 12.9. The second kappa shape index (κ2) is 9.34. The van der Waals surface area contributed by atoms with Gasteiger partial charge in [0.25, 0.3) is 0 Å². The van der Waals surface area contributed by atoms with Gasteiger partial charge < -0.3 is 14.3 Å². The molecular formula is C26H22N2O6S. The molecule has 9 heteroatoms. The van der Waals surface area contributed by atoms with Crippen molar-refractivity contribution in [2.75, 3.05) is 6.61 Å². The van der Waals surface area contributed by atoms with Gasteiger partial charge in [0.2, 0.25) is 5.75 Å². The number of benzene rings is 2. The Labute approximate surface area is 204 Å². The summed E-state index contributed by atoms with van der Waals surface area (Å²) < 4.78 is 11.2. The number of aliphatic imine (C=N–C) groups is 1. The summed E-state index contributed by atoms with van der Waals surface area (Å²) in [5.41, 5.74) is 2.91. The van der Waals surface area contributed by atoms with Crippen molar-refractivity contribution < 1.29 is 24.0 Å². The van der Waals surface area contributed by atoms with E-state index in [1.165, 1.54) is 23.6 Å². The molecule has 35 heavy (non-hydrogen) atoms. The molecule has 8 nitrogen and oxygen atoms in total. The van der Waals surface area contributed by atoms with Crippen molar-refractivity contribution in [3.63, 3.8) is 0 Å². The number of ether oxygens (including phenoxy) is 1. The van der Waals surface area contributed by atoms with Crippen LogP contribution in [0.5, 0.6) is 5.75 Å². The zero-order valence-electron chi connectivity index (χ0n) is 18.9. The minimum absolute atomic E-state index is 0.208. The first kappa shape index (κ1) is 22.8. The number of nitrogens with zero attached hydrogens (tertiary/aromatic N) is 2. The van der Waals surface area contributed by atoms with Gasteiger partial charge in [0.1, 0.15) is 21.9 Å². The Morgan fingerprint density at radius 3 is 2.80 bits per heavy atom. The Morgan fingerprint density at radius 1 is 1.29 bits per heavy atom. The molecular weight excluding hydrogens is 468 g/mol. The van der Waals surface area contributed by atoms with E-state index in [-0.39, 0.29) is 12.2 Å². The third kappa shape index (κ3) is 4.08. The van der Waals surface area contributed by atoms with E-state index in [0.29, 0.717) is 27.1 Å². The number of nitro benzene ring substituents is 1. The van der Waals surface area contributed by atoms with Crippen molar-refractivity contribution in [2.24, 2.45) is 4.99 Å². The number of hydrogen-bond acceptors (Lipinski definition) is 8. The second-order valence-electron chi connectivity index (χ2n) is 8.17. The van der Waals surface area contributed by atoms with E-state index in [1.807, 2.05) is 35.7 Å². The SMILES string of the molecule is CCOC(=O)c1c(-c2ccccc2)csc1/N=C/c1c(O)c([N+](=O)[O-])cc2oc3c(c12)CCCC3. The lowest BCUT2D eigenvalue weighted by Gasteiger charge is -2.10. The number of aryl methyl sites for hydroxylation is 2. The lowest BCUT2D eigenvalue weighted by molar-refractivity contribution is -0.385. The summed E-state index contributed by atoms with van der Waals surface area (Å²) in [7, 11) is 0. The molecule has 0 spiro atoms. The highest BCUT2D eigenvalue weighted by molar-refractivity contribution is 7.14. The van der Waals surface area contributed by atoms with E-state index in [4.69, 9.17) is 9.15 Å². The van der Waals surface area contributed by atoms with Gasteiger partial charge in [-0.3, -0.25) is 10.1 Å². The zero-order valence-corrected chi connectivity index (χ0v) is 19.8. The predicted octanol–water partition coefficient (Wildman–Crippen LogP) is 6.58. The molecule has 1 aliphatic rings. The van der Waals surface area contributed by atoms with Crippen LogP contribution in [-0.4, -0.2) is 28.8 Å². The Morgan fingerprint density at radius 2 is 2.06 bits per heavy atom. The summed E-state index contributed by atoms with van der Waals surface area (Å²) >= 11 is 1.26. The third-order valence-electron chi connectivity index (χ3n) is 6.08. The first-order chi connectivity index (χ1) is 17.0. The van der Waals surface area contributed by atoms with Crippen molar-refractivity contribution in [1.82, 2.24) is 0 Å². The minimum Gasteiger partial charge on any atom is -0.502 e. The maximum absolute atomic E-state index is 12.9. The Kier molecular flexibility index (Phi) is 6.08. The zero-order chi connectivity index (χ0) is 24.5. The molecule has 178 valence electrons. The van der Waals surface area contributed by atoms with Crippen LogP contribution >= 0.6 is 11.3 Å². The normalized spacial score (nSPS) is 13.3. The summed E-state index contributed by atoms with van der Waals surface area (Å²) in [5, 5.41) is 25.3. The number of esters is 1. The van der Waals surface area contributed by atoms with Gasteiger partial charge in [-0.15, -0.1) is 11.3 Å². The van der Waals surface area contributed by atoms with E-state index >= 15 is 0 Å². The molecule has 0 atom stereocenters. The molecule has 0 saturated carbocycles. The molecule has 0 aliphatic heterocycles. The fourth-order valence-electron chi connectivity index (χ4n) is 4.49. The number of nitro groups is 1. The van der Waals surface area contributed by atoms with Gasteiger partial charge in [-0.2, -0.15) is 0 Å². The van der Waals surface area contributed by atoms with Crippen LogP contribution in [0.25, 0.3) is 22.1 Å². The molecule has 4 aromatic rings. The topological polar surface area (TPSA) is 115 Å². The summed E-state index contributed by atoms with van der Waals surface area (Å²) in [5.74, 6) is -0.192. The average Bonchev–Trinajstić information content (AvgIpc) is 3.45. The Balaban J connectivity index is 1.68. The lowest BCUT2D eigenvalue weighted by atomic mass is 9.93. The average molecular weight is 491 g/mol. The minimum atomic E-state index is -0.643. The number of phenolic OH excluding ortho intramolecular Hbond substituents is 1. The van der Waals surface area contributed by atoms with Gasteiger partial charge in [0.15, 0.2) is 0 Å². The molecule has 2 heterocycles. The molecule has 2 aromatic heterocycles. The van der Waals surface area contributed by atoms with Crippen LogP contribution in [0.4, 0.5) is 10.7 Å². The van der Waals surface area contributed by atoms with Crippen molar-refractivity contribution >= 4 is 45.2 Å². The van der Waals surface area contributed by atoms with E-state index in [2.05, 4.69) is 4.99 Å².